The summed E-state index contributed by atoms with van der Waals surface area (Å²) in [5.41, 5.74) is 3.36. The van der Waals surface area contributed by atoms with Crippen LogP contribution in [0.2, 0.25) is 0 Å². The minimum absolute atomic E-state index is 0.195. The highest BCUT2D eigenvalue weighted by Gasteiger charge is 2.15. The Morgan fingerprint density at radius 3 is 2.48 bits per heavy atom. The van der Waals surface area contributed by atoms with E-state index in [4.69, 9.17) is 0 Å². The maximum absolute atomic E-state index is 13.1. The van der Waals surface area contributed by atoms with Gasteiger partial charge in [0.15, 0.2) is 0 Å². The van der Waals surface area contributed by atoms with Gasteiger partial charge in [0.05, 0.1) is 6.10 Å². The lowest BCUT2D eigenvalue weighted by atomic mass is 9.98. The van der Waals surface area contributed by atoms with E-state index in [2.05, 4.69) is 35.2 Å². The molecule has 0 aliphatic carbocycles. The van der Waals surface area contributed by atoms with Crippen LogP contribution in [-0.2, 0) is 0 Å². The van der Waals surface area contributed by atoms with Gasteiger partial charge in [-0.05, 0) is 58.5 Å². The average molecular weight is 361 g/mol. The zero-order valence-corrected chi connectivity index (χ0v) is 15.3. The normalized spacial score (nSPS) is 16.3. The number of rotatable bonds is 5. The van der Waals surface area contributed by atoms with Crippen LogP contribution >= 0.6 is 0 Å². The lowest BCUT2D eigenvalue weighted by Crippen LogP contribution is -2.30. The Morgan fingerprint density at radius 2 is 1.74 bits per heavy atom. The van der Waals surface area contributed by atoms with Crippen LogP contribution in [0, 0.1) is 5.82 Å². The van der Waals surface area contributed by atoms with Crippen molar-refractivity contribution in [3.8, 4) is 0 Å². The molecular weight excluding hydrogens is 337 g/mol. The Morgan fingerprint density at radius 1 is 0.963 bits per heavy atom. The van der Waals surface area contributed by atoms with Gasteiger partial charge < -0.3 is 5.11 Å². The molecule has 138 valence electrons. The number of hydrogen-bond donors (Lipinski definition) is 1. The van der Waals surface area contributed by atoms with Crippen molar-refractivity contribution < 1.29 is 9.50 Å². The summed E-state index contributed by atoms with van der Waals surface area (Å²) in [5, 5.41) is 13.0. The van der Waals surface area contributed by atoms with Crippen LogP contribution in [0.3, 0.4) is 0 Å². The Balaban J connectivity index is 1.34. The zero-order chi connectivity index (χ0) is 18.6. The molecule has 1 aliphatic rings. The Bertz CT molecular complexity index is 948. The lowest BCUT2D eigenvalue weighted by Gasteiger charge is -2.27. The standard InChI is InChI=1S/C24H24FNO/c25-23-9-7-19(8-10-23)20-11-14-26(15-12-20)16-13-24(27)22-6-5-18-3-1-2-4-21(18)17-22/h1-11,17,24,27H,12-16H2. The molecule has 4 rings (SSSR count). The fraction of sp³-hybridized carbons (Fsp3) is 0.250. The maximum Gasteiger partial charge on any atom is 0.123 e. The molecule has 0 saturated heterocycles. The number of halogens is 1. The number of fused-ring (bicyclic) bond motifs is 1. The van der Waals surface area contributed by atoms with Crippen molar-refractivity contribution in [1.82, 2.24) is 4.90 Å². The number of nitrogens with zero attached hydrogens (tertiary/aromatic N) is 1. The predicted molar refractivity (Wildman–Crippen MR) is 109 cm³/mol. The topological polar surface area (TPSA) is 23.5 Å². The molecular formula is C24H24FNO. The highest BCUT2D eigenvalue weighted by Crippen LogP contribution is 2.25. The Kier molecular flexibility index (Phi) is 5.33. The summed E-state index contributed by atoms with van der Waals surface area (Å²) in [6.07, 6.45) is 3.45. The van der Waals surface area contributed by atoms with Crippen molar-refractivity contribution in [3.05, 3.63) is 89.8 Å². The molecule has 3 aromatic carbocycles. The second-order valence-corrected chi connectivity index (χ2v) is 7.20. The van der Waals surface area contributed by atoms with Gasteiger partial charge in [0.25, 0.3) is 0 Å². The third-order valence-electron chi connectivity index (χ3n) is 5.39. The van der Waals surface area contributed by atoms with Gasteiger partial charge in [-0.1, -0.05) is 54.6 Å². The van der Waals surface area contributed by atoms with E-state index in [1.807, 2.05) is 30.3 Å². The van der Waals surface area contributed by atoms with Crippen LogP contribution in [0.4, 0.5) is 4.39 Å². The monoisotopic (exact) mass is 361 g/mol. The first kappa shape index (κ1) is 17.9. The van der Waals surface area contributed by atoms with Crippen molar-refractivity contribution in [2.75, 3.05) is 19.6 Å². The lowest BCUT2D eigenvalue weighted by molar-refractivity contribution is 0.145. The van der Waals surface area contributed by atoms with Crippen molar-refractivity contribution in [2.45, 2.75) is 18.9 Å². The summed E-state index contributed by atoms with van der Waals surface area (Å²) < 4.78 is 13.1. The molecule has 0 saturated carbocycles. The number of hydrogen-bond acceptors (Lipinski definition) is 2. The quantitative estimate of drug-likeness (QED) is 0.676. The smallest absolute Gasteiger partial charge is 0.123 e. The van der Waals surface area contributed by atoms with Crippen molar-refractivity contribution >= 4 is 16.3 Å². The molecule has 0 amide bonds. The van der Waals surface area contributed by atoms with Crippen LogP contribution in [0.15, 0.2) is 72.8 Å². The van der Waals surface area contributed by atoms with Gasteiger partial charge in [-0.2, -0.15) is 0 Å². The van der Waals surface area contributed by atoms with E-state index < -0.39 is 6.10 Å². The van der Waals surface area contributed by atoms with E-state index in [1.54, 1.807) is 0 Å². The van der Waals surface area contributed by atoms with E-state index in [0.717, 1.165) is 43.6 Å². The molecule has 0 fully saturated rings. The van der Waals surface area contributed by atoms with E-state index in [1.165, 1.54) is 28.5 Å². The molecule has 0 spiro atoms. The van der Waals surface area contributed by atoms with E-state index in [0.29, 0.717) is 0 Å². The molecule has 0 bridgehead atoms. The molecule has 27 heavy (non-hydrogen) atoms. The molecule has 0 aromatic heterocycles. The Labute approximate surface area is 159 Å². The van der Waals surface area contributed by atoms with Gasteiger partial charge in [0.1, 0.15) is 5.82 Å². The summed E-state index contributed by atoms with van der Waals surface area (Å²) >= 11 is 0. The first-order chi connectivity index (χ1) is 13.2. The van der Waals surface area contributed by atoms with E-state index >= 15 is 0 Å². The van der Waals surface area contributed by atoms with Gasteiger partial charge in [0.2, 0.25) is 0 Å². The predicted octanol–water partition coefficient (Wildman–Crippen LogP) is 5.19. The average Bonchev–Trinajstić information content (AvgIpc) is 2.72. The first-order valence-corrected chi connectivity index (χ1v) is 9.53. The molecule has 1 atom stereocenters. The van der Waals surface area contributed by atoms with Gasteiger partial charge in [-0.15, -0.1) is 0 Å². The molecule has 1 aliphatic heterocycles. The SMILES string of the molecule is OC(CCN1CC=C(c2ccc(F)cc2)CC1)c1ccc2ccccc2c1. The summed E-state index contributed by atoms with van der Waals surface area (Å²) in [7, 11) is 0. The van der Waals surface area contributed by atoms with Gasteiger partial charge in [-0.3, -0.25) is 4.90 Å². The number of aliphatic hydroxyl groups excluding tert-OH is 1. The molecule has 0 radical (unpaired) electrons. The molecule has 3 aromatic rings. The zero-order valence-electron chi connectivity index (χ0n) is 15.3. The summed E-state index contributed by atoms with van der Waals surface area (Å²) in [5.74, 6) is -0.195. The fourth-order valence-corrected chi connectivity index (χ4v) is 3.73. The highest BCUT2D eigenvalue weighted by atomic mass is 19.1. The fourth-order valence-electron chi connectivity index (χ4n) is 3.73. The second kappa shape index (κ2) is 8.03. The number of aliphatic hydroxyl groups is 1. The van der Waals surface area contributed by atoms with Crippen LogP contribution in [0.25, 0.3) is 16.3 Å². The molecule has 1 heterocycles. The third-order valence-corrected chi connectivity index (χ3v) is 5.39. The summed E-state index contributed by atoms with van der Waals surface area (Å²) in [4.78, 5) is 2.36. The van der Waals surface area contributed by atoms with Gasteiger partial charge in [-0.25, -0.2) is 4.39 Å². The van der Waals surface area contributed by atoms with Crippen LogP contribution in [-0.4, -0.2) is 29.6 Å². The van der Waals surface area contributed by atoms with Crippen molar-refractivity contribution in [1.29, 1.82) is 0 Å². The first-order valence-electron chi connectivity index (χ1n) is 9.53. The second-order valence-electron chi connectivity index (χ2n) is 7.20. The van der Waals surface area contributed by atoms with Crippen molar-refractivity contribution in [3.63, 3.8) is 0 Å². The maximum atomic E-state index is 13.1. The molecule has 3 heteroatoms. The Hall–Kier alpha value is -2.49. The highest BCUT2D eigenvalue weighted by molar-refractivity contribution is 5.83. The van der Waals surface area contributed by atoms with Crippen LogP contribution in [0.5, 0.6) is 0 Å². The van der Waals surface area contributed by atoms with Crippen LogP contribution in [0.1, 0.15) is 30.1 Å². The van der Waals surface area contributed by atoms with Gasteiger partial charge >= 0.3 is 0 Å². The van der Waals surface area contributed by atoms with Gasteiger partial charge in [0, 0.05) is 19.6 Å². The molecule has 2 nitrogen and oxygen atoms in total. The van der Waals surface area contributed by atoms with Crippen LogP contribution < -0.4 is 0 Å². The third kappa shape index (κ3) is 4.26. The van der Waals surface area contributed by atoms with E-state index in [-0.39, 0.29) is 5.82 Å². The summed E-state index contributed by atoms with van der Waals surface area (Å²) in [6.45, 7) is 2.70. The minimum atomic E-state index is -0.447. The number of benzene rings is 3. The largest absolute Gasteiger partial charge is 0.388 e. The summed E-state index contributed by atoms with van der Waals surface area (Å²) in [6, 6.07) is 21.1. The minimum Gasteiger partial charge on any atom is -0.388 e. The molecule has 1 N–H and O–H groups in total. The molecule has 1 unspecified atom stereocenters. The van der Waals surface area contributed by atoms with Crippen molar-refractivity contribution in [2.24, 2.45) is 0 Å². The van der Waals surface area contributed by atoms with E-state index in [9.17, 15) is 9.50 Å².